The maximum atomic E-state index is 12.4. The van der Waals surface area contributed by atoms with Gasteiger partial charge in [-0.3, -0.25) is 4.79 Å². The second-order valence-electron chi connectivity index (χ2n) is 5.93. The van der Waals surface area contributed by atoms with Crippen LogP contribution in [-0.4, -0.2) is 41.7 Å². The molecule has 1 amide bonds. The molecule has 0 aliphatic heterocycles. The van der Waals surface area contributed by atoms with Gasteiger partial charge in [0.1, 0.15) is 0 Å². The molecule has 0 saturated heterocycles. The third-order valence-corrected chi connectivity index (χ3v) is 3.01. The molecule has 0 heterocycles. The van der Waals surface area contributed by atoms with Crippen LogP contribution in [-0.2, 0) is 0 Å². The van der Waals surface area contributed by atoms with Crippen LogP contribution in [0.25, 0.3) is 0 Å². The highest BCUT2D eigenvalue weighted by molar-refractivity contribution is 5.96. The molecule has 2 N–H and O–H groups in total. The molecule has 0 unspecified atom stereocenters. The van der Waals surface area contributed by atoms with Gasteiger partial charge in [0.25, 0.3) is 5.91 Å². The van der Waals surface area contributed by atoms with Crippen LogP contribution in [0.5, 0.6) is 0 Å². The number of rotatable bonds is 6. The van der Waals surface area contributed by atoms with Crippen LogP contribution in [0.3, 0.4) is 0 Å². The number of nitrogens with zero attached hydrogens (tertiary/aromatic N) is 1. The Balaban J connectivity index is 2.83. The van der Waals surface area contributed by atoms with Crippen molar-refractivity contribution in [3.05, 3.63) is 29.3 Å². The fraction of sp³-hybridized carbons (Fsp3) is 0.562. The van der Waals surface area contributed by atoms with Crippen molar-refractivity contribution in [1.82, 2.24) is 4.90 Å². The number of hydrogen-bond donors (Lipinski definition) is 2. The molecule has 1 aromatic rings. The van der Waals surface area contributed by atoms with Gasteiger partial charge in [-0.25, -0.2) is 0 Å². The lowest BCUT2D eigenvalue weighted by Gasteiger charge is -2.26. The van der Waals surface area contributed by atoms with Gasteiger partial charge >= 0.3 is 0 Å². The topological polar surface area (TPSA) is 52.6 Å². The van der Waals surface area contributed by atoms with Crippen LogP contribution in [0.15, 0.2) is 18.2 Å². The van der Waals surface area contributed by atoms with E-state index >= 15 is 0 Å². The summed E-state index contributed by atoms with van der Waals surface area (Å²) in [6.07, 6.45) is 1.06. The molecule has 4 nitrogen and oxygen atoms in total. The van der Waals surface area contributed by atoms with E-state index in [9.17, 15) is 9.90 Å². The minimum atomic E-state index is -0.888. The Morgan fingerprint density at radius 2 is 2.05 bits per heavy atom. The van der Waals surface area contributed by atoms with Gasteiger partial charge in [-0.2, -0.15) is 0 Å². The van der Waals surface area contributed by atoms with E-state index in [2.05, 4.69) is 12.2 Å². The Morgan fingerprint density at radius 3 is 2.55 bits per heavy atom. The zero-order valence-electron chi connectivity index (χ0n) is 13.2. The average Bonchev–Trinajstić information content (AvgIpc) is 2.33. The molecule has 0 radical (unpaired) electrons. The second kappa shape index (κ2) is 6.75. The fourth-order valence-corrected chi connectivity index (χ4v) is 2.14. The molecule has 112 valence electrons. The standard InChI is InChI=1S/C16H26N2O2/c1-6-9-17-13-7-8-14(12(2)10-13)15(19)18(5)11-16(3,4)20/h7-8,10,17,20H,6,9,11H2,1-5H3. The monoisotopic (exact) mass is 278 g/mol. The molecule has 0 saturated carbocycles. The van der Waals surface area contributed by atoms with Crippen molar-refractivity contribution in [3.8, 4) is 0 Å². The van der Waals surface area contributed by atoms with Crippen LogP contribution in [0, 0.1) is 6.92 Å². The van der Waals surface area contributed by atoms with Crippen molar-refractivity contribution in [1.29, 1.82) is 0 Å². The van der Waals surface area contributed by atoms with Gasteiger partial charge in [-0.15, -0.1) is 0 Å². The van der Waals surface area contributed by atoms with E-state index in [1.165, 1.54) is 0 Å². The number of aryl methyl sites for hydroxylation is 1. The van der Waals surface area contributed by atoms with Gasteiger partial charge in [0.2, 0.25) is 0 Å². The summed E-state index contributed by atoms with van der Waals surface area (Å²) in [6, 6.07) is 5.76. The maximum Gasteiger partial charge on any atom is 0.253 e. The number of nitrogens with one attached hydrogen (secondary N) is 1. The summed E-state index contributed by atoms with van der Waals surface area (Å²) in [5.74, 6) is -0.0633. The molecular formula is C16H26N2O2. The smallest absolute Gasteiger partial charge is 0.253 e. The van der Waals surface area contributed by atoms with Crippen LogP contribution in [0.2, 0.25) is 0 Å². The SMILES string of the molecule is CCCNc1ccc(C(=O)N(C)CC(C)(C)O)c(C)c1. The molecule has 1 rings (SSSR count). The minimum absolute atomic E-state index is 0.0633. The summed E-state index contributed by atoms with van der Waals surface area (Å²) in [4.78, 5) is 13.9. The number of benzene rings is 1. The Hall–Kier alpha value is -1.55. The molecule has 0 aromatic heterocycles. The van der Waals surface area contributed by atoms with Crippen molar-refractivity contribution in [2.24, 2.45) is 0 Å². The number of aliphatic hydroxyl groups is 1. The normalized spacial score (nSPS) is 11.3. The summed E-state index contributed by atoms with van der Waals surface area (Å²) in [7, 11) is 1.71. The first kappa shape index (κ1) is 16.5. The Bertz CT molecular complexity index is 464. The van der Waals surface area contributed by atoms with Crippen molar-refractivity contribution in [2.45, 2.75) is 39.7 Å². The van der Waals surface area contributed by atoms with Crippen LogP contribution in [0.1, 0.15) is 43.1 Å². The first-order chi connectivity index (χ1) is 9.24. The summed E-state index contributed by atoms with van der Waals surface area (Å²) in [6.45, 7) is 8.67. The van der Waals surface area contributed by atoms with Gasteiger partial charge in [-0.1, -0.05) is 6.92 Å². The first-order valence-electron chi connectivity index (χ1n) is 7.07. The fourth-order valence-electron chi connectivity index (χ4n) is 2.14. The van der Waals surface area contributed by atoms with Crippen molar-refractivity contribution >= 4 is 11.6 Å². The van der Waals surface area contributed by atoms with Crippen LogP contribution < -0.4 is 5.32 Å². The molecule has 0 aliphatic rings. The van der Waals surface area contributed by atoms with Gasteiger partial charge in [-0.05, 0) is 51.0 Å². The number of likely N-dealkylation sites (N-methyl/N-ethyl adjacent to an activating group) is 1. The van der Waals surface area contributed by atoms with Crippen LogP contribution >= 0.6 is 0 Å². The zero-order chi connectivity index (χ0) is 15.3. The quantitative estimate of drug-likeness (QED) is 0.841. The van der Waals surface area contributed by atoms with Crippen molar-refractivity contribution in [2.75, 3.05) is 25.5 Å². The van der Waals surface area contributed by atoms with E-state index in [1.807, 2.05) is 25.1 Å². The molecule has 20 heavy (non-hydrogen) atoms. The molecule has 4 heteroatoms. The lowest BCUT2D eigenvalue weighted by atomic mass is 10.0. The van der Waals surface area contributed by atoms with Crippen LogP contribution in [0.4, 0.5) is 5.69 Å². The number of anilines is 1. The molecule has 0 aliphatic carbocycles. The van der Waals surface area contributed by atoms with E-state index in [4.69, 9.17) is 0 Å². The third-order valence-electron chi connectivity index (χ3n) is 3.01. The second-order valence-corrected chi connectivity index (χ2v) is 5.93. The highest BCUT2D eigenvalue weighted by atomic mass is 16.3. The minimum Gasteiger partial charge on any atom is -0.389 e. The highest BCUT2D eigenvalue weighted by Crippen LogP contribution is 2.17. The van der Waals surface area contributed by atoms with Gasteiger partial charge in [0.05, 0.1) is 5.60 Å². The lowest BCUT2D eigenvalue weighted by Crippen LogP contribution is -2.39. The first-order valence-corrected chi connectivity index (χ1v) is 7.07. The van der Waals surface area contributed by atoms with Gasteiger partial charge < -0.3 is 15.3 Å². The summed E-state index contributed by atoms with van der Waals surface area (Å²) < 4.78 is 0. The molecule has 0 bridgehead atoms. The molecule has 0 atom stereocenters. The molecule has 0 fully saturated rings. The summed E-state index contributed by atoms with van der Waals surface area (Å²) >= 11 is 0. The van der Waals surface area contributed by atoms with E-state index in [0.717, 1.165) is 24.2 Å². The number of hydrogen-bond acceptors (Lipinski definition) is 3. The highest BCUT2D eigenvalue weighted by Gasteiger charge is 2.21. The predicted octanol–water partition coefficient (Wildman–Crippen LogP) is 2.66. The van der Waals surface area contributed by atoms with E-state index in [1.54, 1.807) is 25.8 Å². The zero-order valence-corrected chi connectivity index (χ0v) is 13.2. The van der Waals surface area contributed by atoms with E-state index in [0.29, 0.717) is 12.1 Å². The summed E-state index contributed by atoms with van der Waals surface area (Å²) in [5, 5.41) is 13.1. The Morgan fingerprint density at radius 1 is 1.40 bits per heavy atom. The molecule has 1 aromatic carbocycles. The molecule has 0 spiro atoms. The van der Waals surface area contributed by atoms with Crippen molar-refractivity contribution < 1.29 is 9.90 Å². The number of carbonyl (C=O) groups is 1. The third kappa shape index (κ3) is 4.85. The van der Waals surface area contributed by atoms with Gasteiger partial charge in [0, 0.05) is 31.4 Å². The van der Waals surface area contributed by atoms with Gasteiger partial charge in [0.15, 0.2) is 0 Å². The number of carbonyl (C=O) groups excluding carboxylic acids is 1. The largest absolute Gasteiger partial charge is 0.389 e. The van der Waals surface area contributed by atoms with E-state index < -0.39 is 5.60 Å². The average molecular weight is 278 g/mol. The van der Waals surface area contributed by atoms with Crippen molar-refractivity contribution in [3.63, 3.8) is 0 Å². The predicted molar refractivity (Wildman–Crippen MR) is 83.2 cm³/mol. The Kier molecular flexibility index (Phi) is 5.57. The maximum absolute atomic E-state index is 12.4. The molecular weight excluding hydrogens is 252 g/mol. The van der Waals surface area contributed by atoms with E-state index in [-0.39, 0.29) is 5.91 Å². The lowest BCUT2D eigenvalue weighted by molar-refractivity contribution is 0.0367. The Labute approximate surface area is 121 Å². The number of amides is 1. The summed E-state index contributed by atoms with van der Waals surface area (Å²) in [5.41, 5.74) is 1.77.